The lowest BCUT2D eigenvalue weighted by Crippen LogP contribution is -2.40. The van der Waals surface area contributed by atoms with E-state index in [9.17, 15) is 4.79 Å². The van der Waals surface area contributed by atoms with Gasteiger partial charge in [0.05, 0.1) is 12.0 Å². The summed E-state index contributed by atoms with van der Waals surface area (Å²) in [5.41, 5.74) is 10.0. The van der Waals surface area contributed by atoms with Crippen LogP contribution >= 0.6 is 0 Å². The molecule has 2 N–H and O–H groups in total. The predicted molar refractivity (Wildman–Crippen MR) is 98.9 cm³/mol. The van der Waals surface area contributed by atoms with Gasteiger partial charge in [0.15, 0.2) is 0 Å². The summed E-state index contributed by atoms with van der Waals surface area (Å²) in [4.78, 5) is 17.5. The average molecular weight is 336 g/mol. The van der Waals surface area contributed by atoms with E-state index in [1.165, 1.54) is 11.3 Å². The van der Waals surface area contributed by atoms with Crippen LogP contribution in [0.4, 0.5) is 5.69 Å². The number of carbonyl (C=O) groups excluding carboxylic acids is 1. The first kappa shape index (κ1) is 16.1. The number of likely N-dealkylation sites (N-methyl/N-ethyl adjacent to an activating group) is 1. The van der Waals surface area contributed by atoms with Crippen molar-refractivity contribution in [3.63, 3.8) is 0 Å². The second-order valence-corrected chi connectivity index (χ2v) is 6.83. The third-order valence-corrected chi connectivity index (χ3v) is 5.24. The molecule has 130 valence electrons. The number of hydrazine groups is 1. The Balaban J connectivity index is 1.56. The highest BCUT2D eigenvalue weighted by atomic mass is 16.2. The van der Waals surface area contributed by atoms with Crippen LogP contribution in [-0.4, -0.2) is 37.5 Å². The van der Waals surface area contributed by atoms with Crippen molar-refractivity contribution >= 4 is 11.6 Å². The molecule has 0 spiro atoms. The summed E-state index contributed by atoms with van der Waals surface area (Å²) in [7, 11) is 2.10. The van der Waals surface area contributed by atoms with Gasteiger partial charge in [0.1, 0.15) is 0 Å². The predicted octanol–water partition coefficient (Wildman–Crippen LogP) is 1.93. The molecule has 0 saturated carbocycles. The van der Waals surface area contributed by atoms with Crippen molar-refractivity contribution in [1.29, 1.82) is 0 Å². The Hall–Kier alpha value is -2.37. The molecule has 5 heteroatoms. The van der Waals surface area contributed by atoms with Crippen LogP contribution in [0.2, 0.25) is 0 Å². The van der Waals surface area contributed by atoms with Crippen LogP contribution in [0.25, 0.3) is 0 Å². The van der Waals surface area contributed by atoms with E-state index in [-0.39, 0.29) is 17.9 Å². The number of nitrogens with one attached hydrogen (secondary N) is 2. The number of benzene rings is 2. The highest BCUT2D eigenvalue weighted by Gasteiger charge is 2.37. The van der Waals surface area contributed by atoms with Gasteiger partial charge in [0.2, 0.25) is 5.91 Å². The van der Waals surface area contributed by atoms with Crippen molar-refractivity contribution in [2.24, 2.45) is 5.92 Å². The Labute approximate surface area is 148 Å². The Morgan fingerprint density at radius 2 is 1.80 bits per heavy atom. The van der Waals surface area contributed by atoms with Crippen molar-refractivity contribution < 1.29 is 4.79 Å². The maximum atomic E-state index is 13.3. The second-order valence-electron chi connectivity index (χ2n) is 6.83. The summed E-state index contributed by atoms with van der Waals surface area (Å²) in [6.45, 7) is 2.94. The maximum absolute atomic E-state index is 13.3. The molecule has 5 nitrogen and oxygen atoms in total. The van der Waals surface area contributed by atoms with Gasteiger partial charge in [-0.3, -0.25) is 10.2 Å². The number of para-hydroxylation sites is 1. The SMILES string of the molecule is CN1CCN(C(=O)C2CNNC2c2ccccc2)Cc2ccccc21. The van der Waals surface area contributed by atoms with Crippen LogP contribution in [0.1, 0.15) is 17.2 Å². The number of amides is 1. The summed E-state index contributed by atoms with van der Waals surface area (Å²) in [6.07, 6.45) is 0. The molecule has 2 unspecified atom stereocenters. The number of rotatable bonds is 2. The number of carbonyl (C=O) groups is 1. The van der Waals surface area contributed by atoms with Gasteiger partial charge in [-0.15, -0.1) is 0 Å². The monoisotopic (exact) mass is 336 g/mol. The van der Waals surface area contributed by atoms with Crippen molar-refractivity contribution in [3.8, 4) is 0 Å². The topological polar surface area (TPSA) is 47.6 Å². The zero-order valence-electron chi connectivity index (χ0n) is 14.5. The van der Waals surface area contributed by atoms with Gasteiger partial charge in [-0.2, -0.15) is 0 Å². The summed E-state index contributed by atoms with van der Waals surface area (Å²) in [5.74, 6) is 0.134. The van der Waals surface area contributed by atoms with E-state index < -0.39 is 0 Å². The summed E-state index contributed by atoms with van der Waals surface area (Å²) in [6, 6.07) is 18.6. The lowest BCUT2D eigenvalue weighted by molar-refractivity contribution is -0.135. The van der Waals surface area contributed by atoms with Gasteiger partial charge in [-0.05, 0) is 17.2 Å². The highest BCUT2D eigenvalue weighted by molar-refractivity contribution is 5.81. The van der Waals surface area contributed by atoms with Crippen molar-refractivity contribution in [3.05, 3.63) is 65.7 Å². The standard InChI is InChI=1S/C20H24N4O/c1-23-11-12-24(14-16-9-5-6-10-18(16)23)20(25)17-13-21-22-19(17)15-7-3-2-4-8-15/h2-10,17,19,21-22H,11-14H2,1H3. The first-order chi connectivity index (χ1) is 12.2. The van der Waals surface area contributed by atoms with Crippen LogP contribution in [0.5, 0.6) is 0 Å². The molecular weight excluding hydrogens is 312 g/mol. The first-order valence-electron chi connectivity index (χ1n) is 8.85. The van der Waals surface area contributed by atoms with Crippen LogP contribution in [0.3, 0.4) is 0 Å². The van der Waals surface area contributed by atoms with E-state index in [0.717, 1.165) is 18.7 Å². The minimum absolute atomic E-state index is 0.0185. The molecule has 0 aromatic heterocycles. The number of hydrogen-bond acceptors (Lipinski definition) is 4. The highest BCUT2D eigenvalue weighted by Crippen LogP contribution is 2.29. The second kappa shape index (κ2) is 6.86. The summed E-state index contributed by atoms with van der Waals surface area (Å²) in [5, 5.41) is 0. The molecule has 1 saturated heterocycles. The summed E-state index contributed by atoms with van der Waals surface area (Å²) >= 11 is 0. The van der Waals surface area contributed by atoms with Gasteiger partial charge < -0.3 is 9.80 Å². The van der Waals surface area contributed by atoms with Gasteiger partial charge in [-0.1, -0.05) is 48.5 Å². The summed E-state index contributed by atoms with van der Waals surface area (Å²) < 4.78 is 0. The van der Waals surface area contributed by atoms with Crippen molar-refractivity contribution in [1.82, 2.24) is 15.8 Å². The first-order valence-corrected chi connectivity index (χ1v) is 8.85. The van der Waals surface area contributed by atoms with Gasteiger partial charge >= 0.3 is 0 Å². The number of fused-ring (bicyclic) bond motifs is 1. The van der Waals surface area contributed by atoms with Gasteiger partial charge in [0.25, 0.3) is 0 Å². The maximum Gasteiger partial charge on any atom is 0.229 e. The van der Waals surface area contributed by atoms with Gasteiger partial charge in [-0.25, -0.2) is 5.43 Å². The van der Waals surface area contributed by atoms with Crippen LogP contribution < -0.4 is 15.8 Å². The van der Waals surface area contributed by atoms with E-state index in [4.69, 9.17) is 0 Å². The van der Waals surface area contributed by atoms with Crippen molar-refractivity contribution in [2.75, 3.05) is 31.6 Å². The molecule has 0 bridgehead atoms. The fourth-order valence-electron chi connectivity index (χ4n) is 3.82. The third-order valence-electron chi connectivity index (χ3n) is 5.24. The average Bonchev–Trinajstić information content (AvgIpc) is 3.08. The fourth-order valence-corrected chi connectivity index (χ4v) is 3.82. The molecule has 4 rings (SSSR count). The van der Waals surface area contributed by atoms with E-state index in [1.54, 1.807) is 0 Å². The number of anilines is 1. The zero-order valence-corrected chi connectivity index (χ0v) is 14.5. The lowest BCUT2D eigenvalue weighted by atomic mass is 9.93. The smallest absolute Gasteiger partial charge is 0.229 e. The lowest BCUT2D eigenvalue weighted by Gasteiger charge is -2.27. The quantitative estimate of drug-likeness (QED) is 0.880. The molecule has 1 fully saturated rings. The van der Waals surface area contributed by atoms with E-state index >= 15 is 0 Å². The number of hydrogen-bond donors (Lipinski definition) is 2. The van der Waals surface area contributed by atoms with Gasteiger partial charge in [0, 0.05) is 38.9 Å². The van der Waals surface area contributed by atoms with E-state index in [2.05, 4.69) is 53.1 Å². The number of nitrogens with zero attached hydrogens (tertiary/aromatic N) is 2. The molecule has 2 aliphatic heterocycles. The van der Waals surface area contributed by atoms with E-state index in [1.807, 2.05) is 29.2 Å². The molecule has 2 aromatic rings. The largest absolute Gasteiger partial charge is 0.373 e. The minimum Gasteiger partial charge on any atom is -0.373 e. The zero-order chi connectivity index (χ0) is 17.2. The Kier molecular flexibility index (Phi) is 4.42. The molecule has 0 radical (unpaired) electrons. The van der Waals surface area contributed by atoms with Crippen LogP contribution in [0, 0.1) is 5.92 Å². The third kappa shape index (κ3) is 3.13. The minimum atomic E-state index is -0.0852. The van der Waals surface area contributed by atoms with Crippen LogP contribution in [0.15, 0.2) is 54.6 Å². The molecule has 2 aliphatic rings. The molecular formula is C20H24N4O. The molecule has 25 heavy (non-hydrogen) atoms. The van der Waals surface area contributed by atoms with E-state index in [0.29, 0.717) is 13.1 Å². The fraction of sp³-hybridized carbons (Fsp3) is 0.350. The molecule has 2 atom stereocenters. The normalized spacial score (nSPS) is 23.2. The molecule has 2 heterocycles. The molecule has 2 aromatic carbocycles. The Morgan fingerprint density at radius 1 is 1.04 bits per heavy atom. The molecule has 1 amide bonds. The van der Waals surface area contributed by atoms with Crippen molar-refractivity contribution in [2.45, 2.75) is 12.6 Å². The molecule has 0 aliphatic carbocycles. The Morgan fingerprint density at radius 3 is 2.64 bits per heavy atom. The Bertz CT molecular complexity index is 748. The van der Waals surface area contributed by atoms with Crippen LogP contribution in [-0.2, 0) is 11.3 Å².